The first-order chi connectivity index (χ1) is 8.29. The number of hydrogen-bond acceptors (Lipinski definition) is 1. The summed E-state index contributed by atoms with van der Waals surface area (Å²) in [6, 6.07) is 7.94. The summed E-state index contributed by atoms with van der Waals surface area (Å²) in [6.07, 6.45) is 9.01. The molecule has 0 spiro atoms. The third-order valence-electron chi connectivity index (χ3n) is 3.38. The maximum absolute atomic E-state index is 10.4. The van der Waals surface area contributed by atoms with Crippen LogP contribution in [0, 0.1) is 0 Å². The van der Waals surface area contributed by atoms with E-state index in [1.807, 2.05) is 24.3 Å². The van der Waals surface area contributed by atoms with Gasteiger partial charge in [0, 0.05) is 4.47 Å². The number of hydrogen-bond donors (Lipinski definition) is 1. The van der Waals surface area contributed by atoms with Crippen molar-refractivity contribution in [1.82, 2.24) is 0 Å². The molecule has 0 amide bonds. The Bertz CT molecular complexity index is 398. The topological polar surface area (TPSA) is 20.2 Å². The molecule has 0 saturated carbocycles. The molecule has 1 atom stereocenters. The van der Waals surface area contributed by atoms with Crippen LogP contribution < -0.4 is 0 Å². The molecule has 2 rings (SSSR count). The molecular weight excluding hydrogens is 276 g/mol. The summed E-state index contributed by atoms with van der Waals surface area (Å²) < 4.78 is 0.996. The zero-order chi connectivity index (χ0) is 12.1. The van der Waals surface area contributed by atoms with Gasteiger partial charge in [0.25, 0.3) is 0 Å². The number of allylic oxidation sites excluding steroid dienone is 1. The van der Waals surface area contributed by atoms with Crippen molar-refractivity contribution in [2.75, 3.05) is 0 Å². The van der Waals surface area contributed by atoms with Gasteiger partial charge in [-0.15, -0.1) is 0 Å². The minimum atomic E-state index is -0.441. The molecule has 0 fully saturated rings. The molecule has 1 nitrogen and oxygen atoms in total. The van der Waals surface area contributed by atoms with Crippen LogP contribution in [0.5, 0.6) is 0 Å². The second-order valence-corrected chi connectivity index (χ2v) is 5.51. The van der Waals surface area contributed by atoms with Gasteiger partial charge in [-0.2, -0.15) is 0 Å². The van der Waals surface area contributed by atoms with Gasteiger partial charge in [-0.1, -0.05) is 53.0 Å². The second-order valence-electron chi connectivity index (χ2n) is 4.66. The van der Waals surface area contributed by atoms with Crippen molar-refractivity contribution in [3.05, 3.63) is 46.0 Å². The highest BCUT2D eigenvalue weighted by molar-refractivity contribution is 9.10. The number of benzene rings is 1. The fourth-order valence-electron chi connectivity index (χ4n) is 2.36. The Balaban J connectivity index is 2.18. The summed E-state index contributed by atoms with van der Waals surface area (Å²) >= 11 is 3.51. The summed E-state index contributed by atoms with van der Waals surface area (Å²) in [5, 5.41) is 10.4. The summed E-state index contributed by atoms with van der Waals surface area (Å²) in [6.45, 7) is 0. The molecule has 17 heavy (non-hydrogen) atoms. The average molecular weight is 295 g/mol. The van der Waals surface area contributed by atoms with Gasteiger partial charge in [-0.25, -0.2) is 0 Å². The number of halogens is 1. The van der Waals surface area contributed by atoms with Gasteiger partial charge in [-0.3, -0.25) is 0 Å². The lowest BCUT2D eigenvalue weighted by molar-refractivity contribution is 0.208. The Morgan fingerprint density at radius 1 is 1.06 bits per heavy atom. The summed E-state index contributed by atoms with van der Waals surface area (Å²) in [5.74, 6) is 0. The van der Waals surface area contributed by atoms with E-state index in [1.54, 1.807) is 0 Å². The Labute approximate surface area is 112 Å². The van der Waals surface area contributed by atoms with E-state index < -0.39 is 6.10 Å². The van der Waals surface area contributed by atoms with Crippen molar-refractivity contribution >= 4 is 15.9 Å². The summed E-state index contributed by atoms with van der Waals surface area (Å²) in [5.41, 5.74) is 2.18. The number of aliphatic hydroxyl groups excluding tert-OH is 1. The molecule has 2 heteroatoms. The fraction of sp³-hybridized carbons (Fsp3) is 0.467. The first-order valence-corrected chi connectivity index (χ1v) is 7.20. The first kappa shape index (κ1) is 12.8. The molecule has 0 heterocycles. The first-order valence-electron chi connectivity index (χ1n) is 6.40. The Morgan fingerprint density at radius 2 is 1.82 bits per heavy atom. The standard InChI is InChI=1S/C15H19BrO/c16-14-11-7-6-10-13(14)15(17)12-8-4-2-1-3-5-9-12/h6-8,10-11,15,17H,1-5,9H2/b12-8+. The highest BCUT2D eigenvalue weighted by Gasteiger charge is 2.16. The van der Waals surface area contributed by atoms with Gasteiger partial charge in [0.2, 0.25) is 0 Å². The predicted octanol–water partition coefficient (Wildman–Crippen LogP) is 4.76. The van der Waals surface area contributed by atoms with Gasteiger partial charge in [0.05, 0.1) is 0 Å². The van der Waals surface area contributed by atoms with Gasteiger partial charge < -0.3 is 5.11 Å². The number of aliphatic hydroxyl groups is 1. The van der Waals surface area contributed by atoms with Crippen LogP contribution in [0.2, 0.25) is 0 Å². The van der Waals surface area contributed by atoms with Crippen LogP contribution in [-0.2, 0) is 0 Å². The molecule has 0 saturated heterocycles. The zero-order valence-electron chi connectivity index (χ0n) is 10.0. The Hall–Kier alpha value is -0.600. The zero-order valence-corrected chi connectivity index (χ0v) is 11.6. The molecule has 92 valence electrons. The lowest BCUT2D eigenvalue weighted by atomic mass is 9.93. The van der Waals surface area contributed by atoms with Crippen LogP contribution >= 0.6 is 15.9 Å². The molecule has 1 aliphatic carbocycles. The van der Waals surface area contributed by atoms with Crippen LogP contribution in [0.15, 0.2) is 40.4 Å². The highest BCUT2D eigenvalue weighted by Crippen LogP contribution is 2.32. The van der Waals surface area contributed by atoms with E-state index in [-0.39, 0.29) is 0 Å². The molecule has 1 unspecified atom stereocenters. The van der Waals surface area contributed by atoms with E-state index in [0.717, 1.165) is 22.9 Å². The summed E-state index contributed by atoms with van der Waals surface area (Å²) in [7, 11) is 0. The van der Waals surface area contributed by atoms with Crippen LogP contribution in [0.3, 0.4) is 0 Å². The van der Waals surface area contributed by atoms with E-state index in [9.17, 15) is 5.11 Å². The highest BCUT2D eigenvalue weighted by atomic mass is 79.9. The second kappa shape index (κ2) is 6.36. The van der Waals surface area contributed by atoms with E-state index in [4.69, 9.17) is 0 Å². The average Bonchev–Trinajstić information content (AvgIpc) is 2.28. The normalized spacial score (nSPS) is 22.1. The quantitative estimate of drug-likeness (QED) is 0.780. The molecule has 0 bridgehead atoms. The minimum absolute atomic E-state index is 0.441. The molecule has 1 aliphatic rings. The lowest BCUT2D eigenvalue weighted by Gasteiger charge is -2.18. The van der Waals surface area contributed by atoms with Crippen molar-refractivity contribution in [2.24, 2.45) is 0 Å². The third-order valence-corrected chi connectivity index (χ3v) is 4.10. The summed E-state index contributed by atoms with van der Waals surface area (Å²) in [4.78, 5) is 0. The molecule has 0 aromatic heterocycles. The van der Waals surface area contributed by atoms with E-state index in [1.165, 1.54) is 31.3 Å². The smallest absolute Gasteiger partial charge is 0.101 e. The maximum atomic E-state index is 10.4. The molecule has 1 N–H and O–H groups in total. The van der Waals surface area contributed by atoms with Gasteiger partial charge in [0.15, 0.2) is 0 Å². The van der Waals surface area contributed by atoms with Crippen LogP contribution in [0.25, 0.3) is 0 Å². The van der Waals surface area contributed by atoms with E-state index in [2.05, 4.69) is 22.0 Å². The third kappa shape index (κ3) is 3.43. The minimum Gasteiger partial charge on any atom is -0.384 e. The van der Waals surface area contributed by atoms with Crippen molar-refractivity contribution in [3.63, 3.8) is 0 Å². The van der Waals surface area contributed by atoms with Crippen molar-refractivity contribution in [3.8, 4) is 0 Å². The van der Waals surface area contributed by atoms with Crippen LogP contribution in [0.4, 0.5) is 0 Å². The van der Waals surface area contributed by atoms with E-state index >= 15 is 0 Å². The van der Waals surface area contributed by atoms with Gasteiger partial charge in [-0.05, 0) is 42.9 Å². The molecule has 0 aliphatic heterocycles. The lowest BCUT2D eigenvalue weighted by Crippen LogP contribution is -2.04. The fourth-order valence-corrected chi connectivity index (χ4v) is 2.86. The predicted molar refractivity (Wildman–Crippen MR) is 74.9 cm³/mol. The Kier molecular flexibility index (Phi) is 4.81. The van der Waals surface area contributed by atoms with Crippen molar-refractivity contribution in [2.45, 2.75) is 44.6 Å². The Morgan fingerprint density at radius 3 is 2.65 bits per heavy atom. The monoisotopic (exact) mass is 294 g/mol. The molecule has 1 aromatic rings. The van der Waals surface area contributed by atoms with E-state index in [0.29, 0.717) is 0 Å². The van der Waals surface area contributed by atoms with Gasteiger partial charge in [0.1, 0.15) is 6.10 Å². The maximum Gasteiger partial charge on any atom is 0.101 e. The SMILES string of the molecule is OC(/C1=C/CCCCCC1)c1ccccc1Br. The van der Waals surface area contributed by atoms with Crippen LogP contribution in [0.1, 0.15) is 50.2 Å². The largest absolute Gasteiger partial charge is 0.384 e. The molecular formula is C15H19BrO. The van der Waals surface area contributed by atoms with Gasteiger partial charge >= 0.3 is 0 Å². The molecule has 1 aromatic carbocycles. The number of rotatable bonds is 2. The van der Waals surface area contributed by atoms with Crippen LogP contribution in [-0.4, -0.2) is 5.11 Å². The van der Waals surface area contributed by atoms with Crippen molar-refractivity contribution in [1.29, 1.82) is 0 Å². The van der Waals surface area contributed by atoms with Crippen molar-refractivity contribution < 1.29 is 5.11 Å². The molecule has 0 radical (unpaired) electrons.